The molecule has 1 fully saturated rings. The zero-order valence-corrected chi connectivity index (χ0v) is 12.7. The van der Waals surface area contributed by atoms with Crippen molar-refractivity contribution in [2.24, 2.45) is 23.2 Å². The molecule has 116 valence electrons. The van der Waals surface area contributed by atoms with Crippen LogP contribution in [0.25, 0.3) is 0 Å². The lowest BCUT2D eigenvalue weighted by molar-refractivity contribution is -0.146. The van der Waals surface area contributed by atoms with Crippen LogP contribution in [-0.2, 0) is 9.59 Å². The number of carboxylic acid groups (broad SMARTS) is 1. The summed E-state index contributed by atoms with van der Waals surface area (Å²) >= 11 is 0. The number of rotatable bonds is 7. The Balaban J connectivity index is 2.59. The van der Waals surface area contributed by atoms with Gasteiger partial charge in [-0.05, 0) is 30.6 Å². The van der Waals surface area contributed by atoms with E-state index in [9.17, 15) is 14.7 Å². The number of aliphatic carboxylic acids is 1. The smallest absolute Gasteiger partial charge is 0.307 e. The molecule has 5 heteroatoms. The van der Waals surface area contributed by atoms with Crippen molar-refractivity contribution in [2.75, 3.05) is 13.2 Å². The third kappa shape index (κ3) is 4.47. The van der Waals surface area contributed by atoms with Gasteiger partial charge in [0.15, 0.2) is 0 Å². The van der Waals surface area contributed by atoms with Crippen LogP contribution < -0.4 is 5.32 Å². The summed E-state index contributed by atoms with van der Waals surface area (Å²) in [6.45, 7) is 6.53. The first kappa shape index (κ1) is 17.0. The Morgan fingerprint density at radius 2 is 1.85 bits per heavy atom. The molecule has 0 aliphatic heterocycles. The fourth-order valence-electron chi connectivity index (χ4n) is 2.89. The van der Waals surface area contributed by atoms with Crippen molar-refractivity contribution in [1.29, 1.82) is 0 Å². The summed E-state index contributed by atoms with van der Waals surface area (Å²) in [5.41, 5.74) is -0.175. The number of amides is 1. The van der Waals surface area contributed by atoms with Crippen molar-refractivity contribution in [3.05, 3.63) is 0 Å². The second-order valence-electron chi connectivity index (χ2n) is 6.65. The summed E-state index contributed by atoms with van der Waals surface area (Å²) in [7, 11) is 0. The van der Waals surface area contributed by atoms with Crippen molar-refractivity contribution in [3.8, 4) is 0 Å². The Morgan fingerprint density at radius 3 is 2.35 bits per heavy atom. The molecule has 3 N–H and O–H groups in total. The lowest BCUT2D eigenvalue weighted by atomic mass is 9.89. The van der Waals surface area contributed by atoms with Crippen LogP contribution in [0.15, 0.2) is 0 Å². The molecule has 0 heterocycles. The van der Waals surface area contributed by atoms with E-state index in [1.54, 1.807) is 0 Å². The standard InChI is InChI=1S/C15H27NO4/c1-4-10-7-11(12(8-10)14(19)20)13(18)16-9-15(2,3)5-6-17/h10-12,17H,4-9H2,1-3H3,(H,16,18)(H,19,20)/t10?,11-,12+/m0/s1. The maximum atomic E-state index is 12.2. The average Bonchev–Trinajstić information content (AvgIpc) is 2.80. The largest absolute Gasteiger partial charge is 0.481 e. The number of nitrogens with one attached hydrogen (secondary N) is 1. The lowest BCUT2D eigenvalue weighted by Gasteiger charge is -2.25. The Labute approximate surface area is 120 Å². The maximum absolute atomic E-state index is 12.2. The van der Waals surface area contributed by atoms with Gasteiger partial charge in [-0.1, -0.05) is 27.2 Å². The van der Waals surface area contributed by atoms with Gasteiger partial charge in [0.1, 0.15) is 0 Å². The second-order valence-corrected chi connectivity index (χ2v) is 6.65. The molecule has 0 aromatic heterocycles. The minimum absolute atomic E-state index is 0.0853. The van der Waals surface area contributed by atoms with Crippen LogP contribution >= 0.6 is 0 Å². The molecular weight excluding hydrogens is 258 g/mol. The molecule has 1 aliphatic rings. The number of aliphatic hydroxyl groups is 1. The third-order valence-electron chi connectivity index (χ3n) is 4.42. The summed E-state index contributed by atoms with van der Waals surface area (Å²) in [5.74, 6) is -1.66. The molecule has 0 bridgehead atoms. The highest BCUT2D eigenvalue weighted by atomic mass is 16.4. The van der Waals surface area contributed by atoms with Gasteiger partial charge in [0, 0.05) is 13.2 Å². The van der Waals surface area contributed by atoms with E-state index in [0.717, 1.165) is 6.42 Å². The van der Waals surface area contributed by atoms with E-state index in [-0.39, 0.29) is 17.9 Å². The highest BCUT2D eigenvalue weighted by Crippen LogP contribution is 2.38. The third-order valence-corrected chi connectivity index (χ3v) is 4.42. The van der Waals surface area contributed by atoms with Crippen LogP contribution in [0.3, 0.4) is 0 Å². The molecule has 0 saturated heterocycles. The molecule has 0 aromatic carbocycles. The first-order valence-electron chi connectivity index (χ1n) is 7.42. The van der Waals surface area contributed by atoms with Crippen molar-refractivity contribution in [3.63, 3.8) is 0 Å². The number of hydrogen-bond donors (Lipinski definition) is 3. The summed E-state index contributed by atoms with van der Waals surface area (Å²) in [6.07, 6.45) is 2.80. The van der Waals surface area contributed by atoms with Crippen molar-refractivity contribution in [1.82, 2.24) is 5.32 Å². The molecule has 0 spiro atoms. The van der Waals surface area contributed by atoms with Crippen LogP contribution in [0.2, 0.25) is 0 Å². The molecule has 1 unspecified atom stereocenters. The molecule has 5 nitrogen and oxygen atoms in total. The molecule has 0 radical (unpaired) electrons. The highest BCUT2D eigenvalue weighted by molar-refractivity contribution is 5.85. The van der Waals surface area contributed by atoms with E-state index in [1.807, 2.05) is 20.8 Å². The molecule has 1 saturated carbocycles. The van der Waals surface area contributed by atoms with Gasteiger partial charge in [-0.3, -0.25) is 9.59 Å². The predicted octanol–water partition coefficient (Wildman–Crippen LogP) is 1.65. The van der Waals surface area contributed by atoms with E-state index in [1.165, 1.54) is 0 Å². The van der Waals surface area contributed by atoms with Gasteiger partial charge in [0.25, 0.3) is 0 Å². The zero-order chi connectivity index (χ0) is 15.3. The van der Waals surface area contributed by atoms with E-state index < -0.39 is 17.8 Å². The average molecular weight is 285 g/mol. The van der Waals surface area contributed by atoms with Crippen LogP contribution in [0.4, 0.5) is 0 Å². The Bertz CT molecular complexity index is 354. The quantitative estimate of drug-likeness (QED) is 0.664. The first-order valence-corrected chi connectivity index (χ1v) is 7.42. The number of carbonyl (C=O) groups is 2. The van der Waals surface area contributed by atoms with Crippen molar-refractivity contribution in [2.45, 2.75) is 46.5 Å². The molecule has 0 aromatic rings. The number of aliphatic hydroxyl groups excluding tert-OH is 1. The van der Waals surface area contributed by atoms with E-state index >= 15 is 0 Å². The number of carbonyl (C=O) groups excluding carboxylic acids is 1. The van der Waals surface area contributed by atoms with Crippen LogP contribution in [0.5, 0.6) is 0 Å². The van der Waals surface area contributed by atoms with Crippen LogP contribution in [-0.4, -0.2) is 35.2 Å². The molecular formula is C15H27NO4. The Kier molecular flexibility index (Phi) is 5.99. The van der Waals surface area contributed by atoms with Crippen LogP contribution in [0, 0.1) is 23.2 Å². The Morgan fingerprint density at radius 1 is 1.25 bits per heavy atom. The van der Waals surface area contributed by atoms with Crippen molar-refractivity contribution < 1.29 is 19.8 Å². The summed E-state index contributed by atoms with van der Waals surface area (Å²) in [5, 5.41) is 21.1. The van der Waals surface area contributed by atoms with Crippen LogP contribution in [0.1, 0.15) is 46.5 Å². The number of hydrogen-bond acceptors (Lipinski definition) is 3. The fraction of sp³-hybridized carbons (Fsp3) is 0.867. The minimum atomic E-state index is -0.865. The van der Waals surface area contributed by atoms with Gasteiger partial charge in [0.05, 0.1) is 11.8 Å². The topological polar surface area (TPSA) is 86.6 Å². The first-order chi connectivity index (χ1) is 9.30. The van der Waals surface area contributed by atoms with E-state index in [4.69, 9.17) is 5.11 Å². The SMILES string of the molecule is CCC1C[C@H](C(=O)NCC(C)(C)CCO)[C@H](C(=O)O)C1. The monoisotopic (exact) mass is 285 g/mol. The summed E-state index contributed by atoms with van der Waals surface area (Å²) < 4.78 is 0. The molecule has 3 atom stereocenters. The van der Waals surface area contributed by atoms with Gasteiger partial charge in [-0.2, -0.15) is 0 Å². The Hall–Kier alpha value is -1.10. The molecule has 1 rings (SSSR count). The molecule has 1 aliphatic carbocycles. The van der Waals surface area contributed by atoms with Gasteiger partial charge < -0.3 is 15.5 Å². The van der Waals surface area contributed by atoms with Crippen molar-refractivity contribution >= 4 is 11.9 Å². The van der Waals surface area contributed by atoms with E-state index in [0.29, 0.717) is 31.7 Å². The van der Waals surface area contributed by atoms with Gasteiger partial charge in [-0.25, -0.2) is 0 Å². The normalized spacial score (nSPS) is 26.5. The zero-order valence-electron chi connectivity index (χ0n) is 12.7. The van der Waals surface area contributed by atoms with E-state index in [2.05, 4.69) is 5.32 Å². The maximum Gasteiger partial charge on any atom is 0.307 e. The summed E-state index contributed by atoms with van der Waals surface area (Å²) in [6, 6.07) is 0. The molecule has 20 heavy (non-hydrogen) atoms. The lowest BCUT2D eigenvalue weighted by Crippen LogP contribution is -2.40. The minimum Gasteiger partial charge on any atom is -0.481 e. The second kappa shape index (κ2) is 7.07. The number of carboxylic acids is 1. The summed E-state index contributed by atoms with van der Waals surface area (Å²) in [4.78, 5) is 23.5. The predicted molar refractivity (Wildman–Crippen MR) is 76.1 cm³/mol. The van der Waals surface area contributed by atoms with Gasteiger partial charge in [0.2, 0.25) is 5.91 Å². The van der Waals surface area contributed by atoms with Gasteiger partial charge in [-0.15, -0.1) is 0 Å². The fourth-order valence-corrected chi connectivity index (χ4v) is 2.89. The molecule has 1 amide bonds. The highest BCUT2D eigenvalue weighted by Gasteiger charge is 2.42. The van der Waals surface area contributed by atoms with Gasteiger partial charge >= 0.3 is 5.97 Å².